The molecule has 2 aliphatic heterocycles. The minimum atomic E-state index is -1.22. The molecule has 0 amide bonds. The molecular formula is C26H27N3O2. The van der Waals surface area contributed by atoms with Crippen LogP contribution in [0.3, 0.4) is 0 Å². The second-order valence-electron chi connectivity index (χ2n) is 9.32. The summed E-state index contributed by atoms with van der Waals surface area (Å²) in [7, 11) is 3.26. The van der Waals surface area contributed by atoms with Crippen molar-refractivity contribution in [3.8, 4) is 23.6 Å². The molecule has 31 heavy (non-hydrogen) atoms. The van der Waals surface area contributed by atoms with Crippen molar-refractivity contribution in [2.24, 2.45) is 16.7 Å². The topological polar surface area (TPSA) is 69.3 Å². The predicted octanol–water partition coefficient (Wildman–Crippen LogP) is 5.48. The Kier molecular flexibility index (Phi) is 4.94. The van der Waals surface area contributed by atoms with Gasteiger partial charge in [-0.2, -0.15) is 10.5 Å². The summed E-state index contributed by atoms with van der Waals surface area (Å²) in [4.78, 5) is 2.19. The van der Waals surface area contributed by atoms with E-state index in [0.29, 0.717) is 11.5 Å². The number of hydrogen-bond donors (Lipinski definition) is 0. The van der Waals surface area contributed by atoms with Crippen LogP contribution < -0.4 is 9.47 Å². The van der Waals surface area contributed by atoms with E-state index in [4.69, 9.17) is 9.47 Å². The van der Waals surface area contributed by atoms with E-state index < -0.39 is 5.41 Å². The molecule has 0 aliphatic carbocycles. The van der Waals surface area contributed by atoms with Crippen LogP contribution in [0.25, 0.3) is 6.08 Å². The van der Waals surface area contributed by atoms with Gasteiger partial charge in [0.25, 0.3) is 0 Å². The Balaban J connectivity index is 2.02. The average Bonchev–Trinajstić information content (AvgIpc) is 3.10. The highest BCUT2D eigenvalue weighted by molar-refractivity contribution is 5.60. The Morgan fingerprint density at radius 3 is 2.13 bits per heavy atom. The quantitative estimate of drug-likeness (QED) is 0.666. The van der Waals surface area contributed by atoms with Crippen LogP contribution in [-0.2, 0) is 0 Å². The number of ether oxygens (including phenoxy) is 2. The van der Waals surface area contributed by atoms with Crippen molar-refractivity contribution in [2.75, 3.05) is 14.2 Å². The smallest absolute Gasteiger partial charge is 0.173 e. The fourth-order valence-electron chi connectivity index (χ4n) is 5.46. The third-order valence-corrected chi connectivity index (χ3v) is 6.59. The molecule has 3 atom stereocenters. The first-order chi connectivity index (χ1) is 14.8. The van der Waals surface area contributed by atoms with Gasteiger partial charge < -0.3 is 14.4 Å². The van der Waals surface area contributed by atoms with Crippen molar-refractivity contribution in [1.82, 2.24) is 4.90 Å². The van der Waals surface area contributed by atoms with Gasteiger partial charge in [0.05, 0.1) is 38.4 Å². The maximum atomic E-state index is 10.5. The fraction of sp³-hybridized carbons (Fsp3) is 0.385. The predicted molar refractivity (Wildman–Crippen MR) is 119 cm³/mol. The molecule has 5 nitrogen and oxygen atoms in total. The molecule has 2 heterocycles. The van der Waals surface area contributed by atoms with Crippen LogP contribution in [-0.4, -0.2) is 19.1 Å². The number of fused-ring (bicyclic) bond motifs is 3. The highest BCUT2D eigenvalue weighted by atomic mass is 16.5. The second kappa shape index (κ2) is 7.36. The summed E-state index contributed by atoms with van der Waals surface area (Å²) >= 11 is 0. The van der Waals surface area contributed by atoms with E-state index in [1.54, 1.807) is 14.2 Å². The van der Waals surface area contributed by atoms with Crippen molar-refractivity contribution in [3.63, 3.8) is 0 Å². The Morgan fingerprint density at radius 2 is 1.58 bits per heavy atom. The number of nitriles is 2. The first-order valence-corrected chi connectivity index (χ1v) is 10.4. The molecule has 0 N–H and O–H groups in total. The number of hydrogen-bond acceptors (Lipinski definition) is 5. The van der Waals surface area contributed by atoms with Crippen LogP contribution in [0, 0.1) is 39.4 Å². The molecule has 4 rings (SSSR count). The van der Waals surface area contributed by atoms with Gasteiger partial charge in [-0.05, 0) is 40.3 Å². The molecule has 2 aromatic rings. The van der Waals surface area contributed by atoms with Crippen LogP contribution in [0.15, 0.2) is 48.7 Å². The van der Waals surface area contributed by atoms with E-state index in [2.05, 4.69) is 43.9 Å². The zero-order chi connectivity index (χ0) is 22.4. The van der Waals surface area contributed by atoms with Crippen molar-refractivity contribution in [3.05, 3.63) is 65.4 Å². The van der Waals surface area contributed by atoms with Crippen LogP contribution in [0.5, 0.6) is 11.5 Å². The minimum absolute atomic E-state index is 0.196. The number of benzene rings is 2. The molecule has 0 unspecified atom stereocenters. The summed E-state index contributed by atoms with van der Waals surface area (Å²) in [5, 5.41) is 21.0. The average molecular weight is 414 g/mol. The monoisotopic (exact) mass is 413 g/mol. The highest BCUT2D eigenvalue weighted by Gasteiger charge is 2.64. The molecule has 0 saturated carbocycles. The Labute approximate surface area is 184 Å². The van der Waals surface area contributed by atoms with Crippen molar-refractivity contribution in [1.29, 1.82) is 10.5 Å². The van der Waals surface area contributed by atoms with E-state index in [1.807, 2.05) is 48.7 Å². The molecule has 1 saturated heterocycles. The number of methoxy groups -OCH3 is 2. The zero-order valence-electron chi connectivity index (χ0n) is 18.6. The first-order valence-electron chi connectivity index (χ1n) is 10.4. The summed E-state index contributed by atoms with van der Waals surface area (Å²) in [5.74, 6) is 1.12. The molecule has 1 fully saturated rings. The van der Waals surface area contributed by atoms with Crippen LogP contribution >= 0.6 is 0 Å². The summed E-state index contributed by atoms with van der Waals surface area (Å²) < 4.78 is 11.1. The van der Waals surface area contributed by atoms with Crippen LogP contribution in [0.1, 0.15) is 49.5 Å². The van der Waals surface area contributed by atoms with E-state index in [-0.39, 0.29) is 23.4 Å². The van der Waals surface area contributed by atoms with Crippen molar-refractivity contribution >= 4 is 6.08 Å². The lowest BCUT2D eigenvalue weighted by molar-refractivity contribution is 0.143. The molecule has 0 radical (unpaired) electrons. The summed E-state index contributed by atoms with van der Waals surface area (Å²) in [6.07, 6.45) is 4.11. The van der Waals surface area contributed by atoms with Gasteiger partial charge in [-0.15, -0.1) is 0 Å². The molecule has 5 heteroatoms. The molecule has 2 aliphatic rings. The Hall–Kier alpha value is -3.44. The molecule has 158 valence electrons. The van der Waals surface area contributed by atoms with Crippen molar-refractivity contribution < 1.29 is 9.47 Å². The van der Waals surface area contributed by atoms with Gasteiger partial charge in [0, 0.05) is 18.2 Å². The fourth-order valence-corrected chi connectivity index (χ4v) is 5.46. The first kappa shape index (κ1) is 20.8. The lowest BCUT2D eigenvalue weighted by Crippen LogP contribution is -2.38. The molecule has 0 spiro atoms. The van der Waals surface area contributed by atoms with E-state index in [0.717, 1.165) is 16.7 Å². The van der Waals surface area contributed by atoms with Gasteiger partial charge in [-0.1, -0.05) is 45.0 Å². The van der Waals surface area contributed by atoms with Gasteiger partial charge >= 0.3 is 0 Å². The van der Waals surface area contributed by atoms with Crippen LogP contribution in [0.4, 0.5) is 0 Å². The standard InChI is InChI=1S/C26H27N3O2/c1-25(2,3)23-22(18-12-19(30-4)14-20(13-18)31-5)29-11-10-17-8-6-7-9-21(17)24(29)26(23,15-27)16-28/h6-14,22-24H,1-5H3/t22-,23+,24-/m1/s1. The van der Waals surface area contributed by atoms with Gasteiger partial charge in [0.1, 0.15) is 11.5 Å². The Morgan fingerprint density at radius 1 is 0.968 bits per heavy atom. The largest absolute Gasteiger partial charge is 0.497 e. The lowest BCUT2D eigenvalue weighted by Gasteiger charge is -2.37. The Bertz CT molecular complexity index is 1080. The van der Waals surface area contributed by atoms with Crippen LogP contribution in [0.2, 0.25) is 0 Å². The number of nitrogens with zero attached hydrogens (tertiary/aromatic N) is 3. The van der Waals surface area contributed by atoms with Crippen molar-refractivity contribution in [2.45, 2.75) is 32.9 Å². The normalized spacial score (nSPS) is 23.3. The maximum Gasteiger partial charge on any atom is 0.173 e. The number of rotatable bonds is 3. The third-order valence-electron chi connectivity index (χ3n) is 6.59. The van der Waals surface area contributed by atoms with Gasteiger partial charge in [-0.3, -0.25) is 0 Å². The highest BCUT2D eigenvalue weighted by Crippen LogP contribution is 2.65. The summed E-state index contributed by atoms with van der Waals surface area (Å²) in [5.41, 5.74) is 1.50. The van der Waals surface area contributed by atoms with Gasteiger partial charge in [-0.25, -0.2) is 0 Å². The SMILES string of the molecule is COc1cc(OC)cc([C@@H]2[C@@H](C(C)(C)C)C(C#N)(C#N)[C@H]3c4ccccc4C=CN23)c1. The van der Waals surface area contributed by atoms with E-state index >= 15 is 0 Å². The second-order valence-corrected chi connectivity index (χ2v) is 9.32. The minimum Gasteiger partial charge on any atom is -0.497 e. The summed E-state index contributed by atoms with van der Waals surface area (Å²) in [6.45, 7) is 6.33. The third kappa shape index (κ3) is 3.04. The van der Waals surface area contributed by atoms with Gasteiger partial charge in [0.15, 0.2) is 5.41 Å². The van der Waals surface area contributed by atoms with E-state index in [1.165, 1.54) is 0 Å². The molecule has 0 aromatic heterocycles. The van der Waals surface area contributed by atoms with E-state index in [9.17, 15) is 10.5 Å². The summed E-state index contributed by atoms with van der Waals surface area (Å²) in [6, 6.07) is 18.3. The lowest BCUT2D eigenvalue weighted by atomic mass is 9.60. The van der Waals surface area contributed by atoms with Gasteiger partial charge in [0.2, 0.25) is 0 Å². The molecular weight excluding hydrogens is 386 g/mol. The zero-order valence-corrected chi connectivity index (χ0v) is 18.6. The molecule has 2 aromatic carbocycles. The molecule has 0 bridgehead atoms. The maximum absolute atomic E-state index is 10.5.